The van der Waals surface area contributed by atoms with Gasteiger partial charge in [-0.1, -0.05) is 11.8 Å². The summed E-state index contributed by atoms with van der Waals surface area (Å²) in [5, 5.41) is 9.46. The highest BCUT2D eigenvalue weighted by Crippen LogP contribution is 2.33. The van der Waals surface area contributed by atoms with E-state index in [0.717, 1.165) is 21.9 Å². The number of methoxy groups -OCH3 is 2. The quantitative estimate of drug-likeness (QED) is 0.621. The number of rotatable bonds is 5. The molecule has 0 saturated carbocycles. The summed E-state index contributed by atoms with van der Waals surface area (Å²) < 4.78 is 12.6. The fourth-order valence-electron chi connectivity index (χ4n) is 1.81. The van der Waals surface area contributed by atoms with Gasteiger partial charge < -0.3 is 14.0 Å². The van der Waals surface area contributed by atoms with E-state index in [1.807, 2.05) is 23.7 Å². The number of imidazole rings is 1. The summed E-state index contributed by atoms with van der Waals surface area (Å²) in [6, 6.07) is 5.91. The summed E-state index contributed by atoms with van der Waals surface area (Å²) >= 11 is 1.57. The van der Waals surface area contributed by atoms with Crippen molar-refractivity contribution in [3.63, 3.8) is 0 Å². The number of fused-ring (bicyclic) bond motifs is 1. The van der Waals surface area contributed by atoms with Gasteiger partial charge in [0.15, 0.2) is 16.7 Å². The highest BCUT2D eigenvalue weighted by Gasteiger charge is 2.13. The van der Waals surface area contributed by atoms with Crippen LogP contribution in [0.4, 0.5) is 0 Å². The number of ether oxygens (including phenoxy) is 2. The summed E-state index contributed by atoms with van der Waals surface area (Å²) in [5.74, 6) is 2.09. The van der Waals surface area contributed by atoms with Gasteiger partial charge in [-0.2, -0.15) is 5.26 Å². The van der Waals surface area contributed by atoms with Crippen LogP contribution in [0.2, 0.25) is 0 Å². The zero-order valence-electron chi connectivity index (χ0n) is 11.1. The molecule has 0 atom stereocenters. The first-order valence-corrected chi connectivity index (χ1v) is 6.78. The van der Waals surface area contributed by atoms with Crippen molar-refractivity contribution in [1.29, 1.82) is 5.26 Å². The van der Waals surface area contributed by atoms with Crippen LogP contribution >= 0.6 is 11.8 Å². The normalized spacial score (nSPS) is 10.4. The molecule has 100 valence electrons. The Morgan fingerprint density at radius 3 is 2.63 bits per heavy atom. The van der Waals surface area contributed by atoms with Crippen molar-refractivity contribution in [3.8, 4) is 17.6 Å². The molecule has 19 heavy (non-hydrogen) atoms. The molecule has 0 aliphatic carbocycles. The number of thioether (sulfide) groups is 1. The van der Waals surface area contributed by atoms with E-state index in [1.54, 1.807) is 26.0 Å². The van der Waals surface area contributed by atoms with Crippen molar-refractivity contribution in [1.82, 2.24) is 9.55 Å². The molecular formula is C13H15N3O2S. The zero-order valence-corrected chi connectivity index (χ0v) is 12.0. The Kier molecular flexibility index (Phi) is 4.17. The van der Waals surface area contributed by atoms with E-state index >= 15 is 0 Å². The van der Waals surface area contributed by atoms with Crippen LogP contribution in [0.1, 0.15) is 6.42 Å². The number of nitriles is 1. The highest BCUT2D eigenvalue weighted by atomic mass is 32.2. The minimum atomic E-state index is 0.514. The van der Waals surface area contributed by atoms with Gasteiger partial charge in [0.05, 0.1) is 31.3 Å². The molecular weight excluding hydrogens is 262 g/mol. The Labute approximate surface area is 116 Å². The van der Waals surface area contributed by atoms with Gasteiger partial charge in [-0.15, -0.1) is 0 Å². The number of hydrogen-bond acceptors (Lipinski definition) is 5. The number of nitrogens with zero attached hydrogens (tertiary/aromatic N) is 3. The number of benzene rings is 1. The van der Waals surface area contributed by atoms with E-state index in [9.17, 15) is 0 Å². The minimum Gasteiger partial charge on any atom is -0.493 e. The molecule has 0 spiro atoms. The van der Waals surface area contributed by atoms with E-state index in [-0.39, 0.29) is 0 Å². The maximum atomic E-state index is 8.57. The number of aromatic nitrogens is 2. The molecule has 1 aromatic heterocycles. The van der Waals surface area contributed by atoms with Crippen LogP contribution < -0.4 is 9.47 Å². The Hall–Kier alpha value is -1.87. The van der Waals surface area contributed by atoms with Gasteiger partial charge in [-0.05, 0) is 0 Å². The summed E-state index contributed by atoms with van der Waals surface area (Å²) in [4.78, 5) is 4.55. The smallest absolute Gasteiger partial charge is 0.168 e. The van der Waals surface area contributed by atoms with Crippen molar-refractivity contribution in [2.45, 2.75) is 11.6 Å². The van der Waals surface area contributed by atoms with E-state index in [4.69, 9.17) is 14.7 Å². The fourth-order valence-corrected chi connectivity index (χ4v) is 2.64. The van der Waals surface area contributed by atoms with Gasteiger partial charge in [-0.3, -0.25) is 0 Å². The van der Waals surface area contributed by atoms with Crippen molar-refractivity contribution in [2.75, 3.05) is 20.0 Å². The second-order valence-corrected chi connectivity index (χ2v) is 4.97. The molecule has 2 aromatic rings. The second kappa shape index (κ2) is 5.85. The van der Waals surface area contributed by atoms with Crippen LogP contribution in [0.25, 0.3) is 11.0 Å². The fraction of sp³-hybridized carbons (Fsp3) is 0.385. The topological polar surface area (TPSA) is 60.1 Å². The van der Waals surface area contributed by atoms with Crippen LogP contribution in [0.3, 0.4) is 0 Å². The summed E-state index contributed by atoms with van der Waals surface area (Å²) in [6.45, 7) is 0. The first-order chi connectivity index (χ1) is 9.21. The van der Waals surface area contributed by atoms with Crippen LogP contribution in [0.5, 0.6) is 11.5 Å². The minimum absolute atomic E-state index is 0.514. The molecule has 1 heterocycles. The van der Waals surface area contributed by atoms with Crippen molar-refractivity contribution in [2.24, 2.45) is 7.05 Å². The third-order valence-corrected chi connectivity index (χ3v) is 3.82. The van der Waals surface area contributed by atoms with E-state index < -0.39 is 0 Å². The van der Waals surface area contributed by atoms with Crippen molar-refractivity contribution in [3.05, 3.63) is 12.1 Å². The van der Waals surface area contributed by atoms with E-state index in [1.165, 1.54) is 0 Å². The van der Waals surface area contributed by atoms with Crippen molar-refractivity contribution < 1.29 is 9.47 Å². The lowest BCUT2D eigenvalue weighted by molar-refractivity contribution is 0.355. The third kappa shape index (κ3) is 2.61. The van der Waals surface area contributed by atoms with Gasteiger partial charge in [-0.25, -0.2) is 4.98 Å². The van der Waals surface area contributed by atoms with E-state index in [0.29, 0.717) is 17.9 Å². The Morgan fingerprint density at radius 2 is 2.00 bits per heavy atom. The second-order valence-electron chi connectivity index (χ2n) is 3.91. The molecule has 0 unspecified atom stereocenters. The van der Waals surface area contributed by atoms with Gasteiger partial charge in [0.1, 0.15) is 0 Å². The van der Waals surface area contributed by atoms with Crippen LogP contribution in [-0.2, 0) is 7.05 Å². The average Bonchev–Trinajstić information content (AvgIpc) is 2.74. The summed E-state index contributed by atoms with van der Waals surface area (Å²) in [6.07, 6.45) is 0.514. The standard InChI is InChI=1S/C13H15N3O2S/c1-16-10-8-12(18-3)11(17-2)7-9(10)15-13(16)19-6-4-5-14/h7-8H,4,6H2,1-3H3. The Bertz CT molecular complexity index is 631. The summed E-state index contributed by atoms with van der Waals surface area (Å²) in [5.41, 5.74) is 1.84. The Balaban J connectivity index is 2.42. The molecule has 0 amide bonds. The third-order valence-electron chi connectivity index (χ3n) is 2.79. The van der Waals surface area contributed by atoms with Gasteiger partial charge in [0.2, 0.25) is 0 Å². The predicted molar refractivity (Wildman–Crippen MR) is 74.8 cm³/mol. The lowest BCUT2D eigenvalue weighted by atomic mass is 10.2. The average molecular weight is 277 g/mol. The molecule has 0 radical (unpaired) electrons. The van der Waals surface area contributed by atoms with Gasteiger partial charge >= 0.3 is 0 Å². The van der Waals surface area contributed by atoms with E-state index in [2.05, 4.69) is 11.1 Å². The molecule has 0 aliphatic heterocycles. The largest absolute Gasteiger partial charge is 0.493 e. The highest BCUT2D eigenvalue weighted by molar-refractivity contribution is 7.99. The molecule has 1 aromatic carbocycles. The lowest BCUT2D eigenvalue weighted by Gasteiger charge is -2.07. The lowest BCUT2D eigenvalue weighted by Crippen LogP contribution is -1.93. The molecule has 0 aliphatic rings. The van der Waals surface area contributed by atoms with Crippen LogP contribution in [0, 0.1) is 11.3 Å². The molecule has 6 heteroatoms. The first kappa shape index (κ1) is 13.6. The van der Waals surface area contributed by atoms with Gasteiger partial charge in [0.25, 0.3) is 0 Å². The molecule has 0 bridgehead atoms. The Morgan fingerprint density at radius 1 is 1.32 bits per heavy atom. The zero-order chi connectivity index (χ0) is 13.8. The molecule has 0 N–H and O–H groups in total. The molecule has 0 fully saturated rings. The SMILES string of the molecule is COc1cc2nc(SCCC#N)n(C)c2cc1OC. The van der Waals surface area contributed by atoms with Crippen LogP contribution in [0.15, 0.2) is 17.3 Å². The molecule has 2 rings (SSSR count). The molecule has 0 saturated heterocycles. The first-order valence-electron chi connectivity index (χ1n) is 5.79. The van der Waals surface area contributed by atoms with Crippen LogP contribution in [-0.4, -0.2) is 29.5 Å². The monoisotopic (exact) mass is 277 g/mol. The number of aryl methyl sites for hydroxylation is 1. The molecule has 5 nitrogen and oxygen atoms in total. The maximum absolute atomic E-state index is 8.57. The number of hydrogen-bond donors (Lipinski definition) is 0. The summed E-state index contributed by atoms with van der Waals surface area (Å²) in [7, 11) is 5.17. The predicted octanol–water partition coefficient (Wildman–Crippen LogP) is 2.60. The van der Waals surface area contributed by atoms with Gasteiger partial charge in [0, 0.05) is 31.4 Å². The van der Waals surface area contributed by atoms with Crippen molar-refractivity contribution >= 4 is 22.8 Å². The maximum Gasteiger partial charge on any atom is 0.168 e.